The summed E-state index contributed by atoms with van der Waals surface area (Å²) in [6.07, 6.45) is 7.07. The van der Waals surface area contributed by atoms with Crippen LogP contribution >= 0.6 is 0 Å². The lowest BCUT2D eigenvalue weighted by Crippen LogP contribution is -2.21. The molecule has 0 amide bonds. The van der Waals surface area contributed by atoms with Crippen molar-refractivity contribution < 1.29 is 14.6 Å². The van der Waals surface area contributed by atoms with Crippen LogP contribution in [-0.2, 0) is 9.53 Å². The second-order valence-electron chi connectivity index (χ2n) is 4.12. The van der Waals surface area contributed by atoms with Crippen molar-refractivity contribution in [3.63, 3.8) is 0 Å². The molecule has 0 bridgehead atoms. The predicted octanol–water partition coefficient (Wildman–Crippen LogP) is 1.88. The number of ether oxygens (including phenoxy) is 1. The van der Waals surface area contributed by atoms with Crippen LogP contribution in [0.1, 0.15) is 44.9 Å². The van der Waals surface area contributed by atoms with Gasteiger partial charge in [-0.25, -0.2) is 4.79 Å². The average Bonchev–Trinajstić information content (AvgIpc) is 2.69. The van der Waals surface area contributed by atoms with Crippen molar-refractivity contribution in [2.75, 3.05) is 7.11 Å². The van der Waals surface area contributed by atoms with Crippen LogP contribution in [0.4, 0.5) is 0 Å². The van der Waals surface area contributed by atoms with Gasteiger partial charge in [0.25, 0.3) is 0 Å². The van der Waals surface area contributed by atoms with E-state index in [1.165, 1.54) is 32.8 Å². The minimum atomic E-state index is -0.915. The lowest BCUT2D eigenvalue weighted by molar-refractivity contribution is -0.150. The molecule has 0 aromatic rings. The highest BCUT2D eigenvalue weighted by Gasteiger charge is 2.18. The number of esters is 1. The first kappa shape index (κ1) is 11.5. The lowest BCUT2D eigenvalue weighted by atomic mass is 9.99. The first-order valence-corrected chi connectivity index (χ1v) is 5.50. The van der Waals surface area contributed by atoms with E-state index in [0.29, 0.717) is 6.42 Å². The molecule has 82 valence electrons. The molecule has 14 heavy (non-hydrogen) atoms. The molecule has 0 radical (unpaired) electrons. The first-order chi connectivity index (χ1) is 6.74. The smallest absolute Gasteiger partial charge is 0.334 e. The van der Waals surface area contributed by atoms with Gasteiger partial charge in [0.05, 0.1) is 7.11 Å². The third-order valence-corrected chi connectivity index (χ3v) is 3.04. The summed E-state index contributed by atoms with van der Waals surface area (Å²) >= 11 is 0. The average molecular weight is 200 g/mol. The predicted molar refractivity (Wildman–Crippen MR) is 53.8 cm³/mol. The molecule has 1 N–H and O–H groups in total. The molecule has 0 aromatic carbocycles. The van der Waals surface area contributed by atoms with Crippen molar-refractivity contribution in [1.82, 2.24) is 0 Å². The third kappa shape index (κ3) is 3.66. The molecule has 3 nitrogen and oxygen atoms in total. The topological polar surface area (TPSA) is 46.5 Å². The van der Waals surface area contributed by atoms with E-state index in [-0.39, 0.29) is 0 Å². The molecule has 1 aliphatic rings. The van der Waals surface area contributed by atoms with E-state index >= 15 is 0 Å². The zero-order valence-electron chi connectivity index (χ0n) is 8.87. The second kappa shape index (κ2) is 6.02. The number of carbonyl (C=O) groups excluding carboxylic acids is 1. The second-order valence-corrected chi connectivity index (χ2v) is 4.12. The van der Waals surface area contributed by atoms with Crippen molar-refractivity contribution in [3.8, 4) is 0 Å². The highest BCUT2D eigenvalue weighted by atomic mass is 16.5. The van der Waals surface area contributed by atoms with Crippen LogP contribution in [0.3, 0.4) is 0 Å². The maximum Gasteiger partial charge on any atom is 0.334 e. The first-order valence-electron chi connectivity index (χ1n) is 5.50. The molecule has 1 fully saturated rings. The molecule has 0 aliphatic heterocycles. The summed E-state index contributed by atoms with van der Waals surface area (Å²) in [6.45, 7) is 0. The van der Waals surface area contributed by atoms with Crippen molar-refractivity contribution in [2.24, 2.45) is 5.92 Å². The van der Waals surface area contributed by atoms with E-state index in [1.807, 2.05) is 0 Å². The third-order valence-electron chi connectivity index (χ3n) is 3.04. The summed E-state index contributed by atoms with van der Waals surface area (Å²) in [7, 11) is 1.31. The molecule has 0 aromatic heterocycles. The molecule has 0 spiro atoms. The fourth-order valence-electron chi connectivity index (χ4n) is 2.15. The van der Waals surface area contributed by atoms with Crippen LogP contribution in [0.25, 0.3) is 0 Å². The fraction of sp³-hybridized carbons (Fsp3) is 0.909. The Morgan fingerprint density at radius 3 is 2.71 bits per heavy atom. The van der Waals surface area contributed by atoms with Crippen LogP contribution in [0.5, 0.6) is 0 Å². The van der Waals surface area contributed by atoms with Gasteiger partial charge in [-0.1, -0.05) is 32.1 Å². The minimum absolute atomic E-state index is 0.503. The zero-order valence-corrected chi connectivity index (χ0v) is 8.87. The number of hydrogen-bond donors (Lipinski definition) is 1. The summed E-state index contributed by atoms with van der Waals surface area (Å²) in [6, 6.07) is 0. The Bertz CT molecular complexity index is 173. The number of methoxy groups -OCH3 is 1. The monoisotopic (exact) mass is 200 g/mol. The molecule has 0 heterocycles. The summed E-state index contributed by atoms with van der Waals surface area (Å²) in [5.41, 5.74) is 0. The summed E-state index contributed by atoms with van der Waals surface area (Å²) < 4.78 is 4.45. The number of carbonyl (C=O) groups is 1. The van der Waals surface area contributed by atoms with Crippen LogP contribution in [0.2, 0.25) is 0 Å². The van der Waals surface area contributed by atoms with Crippen LogP contribution in [-0.4, -0.2) is 24.3 Å². The molecule has 1 saturated carbocycles. The molecule has 1 unspecified atom stereocenters. The largest absolute Gasteiger partial charge is 0.467 e. The van der Waals surface area contributed by atoms with E-state index in [0.717, 1.165) is 18.8 Å². The van der Waals surface area contributed by atoms with Gasteiger partial charge < -0.3 is 9.84 Å². The molecule has 3 heteroatoms. The van der Waals surface area contributed by atoms with E-state index in [2.05, 4.69) is 4.74 Å². The van der Waals surface area contributed by atoms with E-state index in [4.69, 9.17) is 0 Å². The quantitative estimate of drug-likeness (QED) is 0.689. The number of aliphatic hydroxyl groups is 1. The Morgan fingerprint density at radius 2 is 2.14 bits per heavy atom. The Morgan fingerprint density at radius 1 is 1.50 bits per heavy atom. The molecule has 1 aliphatic carbocycles. The SMILES string of the molecule is COC(=O)C(O)CCCC1CCCC1. The van der Waals surface area contributed by atoms with Gasteiger partial charge >= 0.3 is 5.97 Å². The Kier molecular flexibility index (Phi) is 4.94. The zero-order chi connectivity index (χ0) is 10.4. The van der Waals surface area contributed by atoms with Gasteiger partial charge in [-0.3, -0.25) is 0 Å². The van der Waals surface area contributed by atoms with E-state index in [1.54, 1.807) is 0 Å². The molecule has 1 atom stereocenters. The van der Waals surface area contributed by atoms with Gasteiger partial charge in [-0.2, -0.15) is 0 Å². The number of aliphatic hydroxyl groups excluding tert-OH is 1. The Hall–Kier alpha value is -0.570. The summed E-state index contributed by atoms with van der Waals surface area (Å²) in [5.74, 6) is 0.330. The van der Waals surface area contributed by atoms with Crippen LogP contribution in [0, 0.1) is 5.92 Å². The summed E-state index contributed by atoms with van der Waals surface area (Å²) in [4.78, 5) is 10.9. The number of hydrogen-bond acceptors (Lipinski definition) is 3. The van der Waals surface area contributed by atoms with Crippen molar-refractivity contribution in [3.05, 3.63) is 0 Å². The van der Waals surface area contributed by atoms with E-state index in [9.17, 15) is 9.90 Å². The standard InChI is InChI=1S/C11H20O3/c1-14-11(13)10(12)8-4-7-9-5-2-3-6-9/h9-10,12H,2-8H2,1H3. The number of rotatable bonds is 5. The van der Waals surface area contributed by atoms with Gasteiger partial charge in [0, 0.05) is 0 Å². The molecular weight excluding hydrogens is 180 g/mol. The van der Waals surface area contributed by atoms with Crippen molar-refractivity contribution >= 4 is 5.97 Å². The van der Waals surface area contributed by atoms with Crippen molar-refractivity contribution in [2.45, 2.75) is 51.0 Å². The fourth-order valence-corrected chi connectivity index (χ4v) is 2.15. The normalized spacial score (nSPS) is 19.6. The van der Waals surface area contributed by atoms with Crippen molar-refractivity contribution in [1.29, 1.82) is 0 Å². The summed E-state index contributed by atoms with van der Waals surface area (Å²) in [5, 5.41) is 9.32. The van der Waals surface area contributed by atoms with Crippen LogP contribution in [0.15, 0.2) is 0 Å². The van der Waals surface area contributed by atoms with E-state index < -0.39 is 12.1 Å². The maximum absolute atomic E-state index is 10.9. The molecule has 1 rings (SSSR count). The Balaban J connectivity index is 2.05. The van der Waals surface area contributed by atoms with Gasteiger partial charge in [0.2, 0.25) is 0 Å². The maximum atomic E-state index is 10.9. The Labute approximate surface area is 85.5 Å². The van der Waals surface area contributed by atoms with Crippen LogP contribution < -0.4 is 0 Å². The highest BCUT2D eigenvalue weighted by molar-refractivity contribution is 5.74. The highest BCUT2D eigenvalue weighted by Crippen LogP contribution is 2.29. The van der Waals surface area contributed by atoms with Gasteiger partial charge in [-0.15, -0.1) is 0 Å². The molecular formula is C11H20O3. The van der Waals surface area contributed by atoms with Gasteiger partial charge in [0.1, 0.15) is 0 Å². The minimum Gasteiger partial charge on any atom is -0.467 e. The van der Waals surface area contributed by atoms with Gasteiger partial charge in [-0.05, 0) is 18.8 Å². The van der Waals surface area contributed by atoms with Gasteiger partial charge in [0.15, 0.2) is 6.10 Å². The molecule has 0 saturated heterocycles. The lowest BCUT2D eigenvalue weighted by Gasteiger charge is -2.10.